The van der Waals surface area contributed by atoms with E-state index in [2.05, 4.69) is 6.92 Å². The van der Waals surface area contributed by atoms with E-state index in [1.165, 1.54) is 25.7 Å². The molecule has 0 rings (SSSR count). The Balaban J connectivity index is 3.12. The molecule has 0 aliphatic rings. The van der Waals surface area contributed by atoms with E-state index in [0.717, 1.165) is 19.1 Å². The first-order valence-corrected chi connectivity index (χ1v) is 4.91. The number of carbonyl (C=O) groups is 1. The molecule has 72 valence electrons. The zero-order chi connectivity index (χ0) is 9.23. The Morgan fingerprint density at radius 1 is 1.25 bits per heavy atom. The summed E-state index contributed by atoms with van der Waals surface area (Å²) < 4.78 is 0. The second-order valence-electron chi connectivity index (χ2n) is 3.28. The van der Waals surface area contributed by atoms with Gasteiger partial charge in [0.05, 0.1) is 6.61 Å². The van der Waals surface area contributed by atoms with Gasteiger partial charge in [-0.05, 0) is 6.42 Å². The third-order valence-corrected chi connectivity index (χ3v) is 2.11. The van der Waals surface area contributed by atoms with Crippen molar-refractivity contribution in [2.45, 2.75) is 45.4 Å². The zero-order valence-corrected chi connectivity index (χ0v) is 7.96. The van der Waals surface area contributed by atoms with Crippen LogP contribution in [0.25, 0.3) is 0 Å². The number of aldehydes is 1. The third kappa shape index (κ3) is 6.35. The normalized spacial score (nSPS) is 12.8. The minimum Gasteiger partial charge on any atom is -0.396 e. The molecule has 0 fully saturated rings. The second kappa shape index (κ2) is 8.72. The van der Waals surface area contributed by atoms with Crippen molar-refractivity contribution in [1.29, 1.82) is 0 Å². The Morgan fingerprint density at radius 2 is 1.92 bits per heavy atom. The van der Waals surface area contributed by atoms with Crippen molar-refractivity contribution >= 4 is 6.29 Å². The quantitative estimate of drug-likeness (QED) is 0.450. The van der Waals surface area contributed by atoms with Crippen molar-refractivity contribution in [1.82, 2.24) is 0 Å². The molecule has 0 spiro atoms. The van der Waals surface area contributed by atoms with Gasteiger partial charge in [0.1, 0.15) is 6.29 Å². The van der Waals surface area contributed by atoms with E-state index < -0.39 is 0 Å². The Kier molecular flexibility index (Phi) is 8.46. The molecule has 0 saturated carbocycles. The highest BCUT2D eigenvalue weighted by atomic mass is 16.3. The van der Waals surface area contributed by atoms with Crippen LogP contribution in [0.1, 0.15) is 45.4 Å². The van der Waals surface area contributed by atoms with Gasteiger partial charge >= 0.3 is 0 Å². The van der Waals surface area contributed by atoms with Crippen LogP contribution in [0.15, 0.2) is 0 Å². The summed E-state index contributed by atoms with van der Waals surface area (Å²) in [5.41, 5.74) is 0. The lowest BCUT2D eigenvalue weighted by molar-refractivity contribution is -0.112. The van der Waals surface area contributed by atoms with Crippen molar-refractivity contribution in [2.75, 3.05) is 6.61 Å². The minimum absolute atomic E-state index is 0.0112. The number of carbonyl (C=O) groups excluding carboxylic acids is 1. The molecule has 0 heterocycles. The van der Waals surface area contributed by atoms with Crippen LogP contribution in [-0.2, 0) is 4.79 Å². The maximum absolute atomic E-state index is 10.3. The van der Waals surface area contributed by atoms with Crippen LogP contribution >= 0.6 is 0 Å². The van der Waals surface area contributed by atoms with Crippen LogP contribution in [0.3, 0.4) is 0 Å². The van der Waals surface area contributed by atoms with Crippen molar-refractivity contribution in [3.05, 3.63) is 0 Å². The predicted molar refractivity (Wildman–Crippen MR) is 50.0 cm³/mol. The Bertz CT molecular complexity index is 102. The van der Waals surface area contributed by atoms with Crippen LogP contribution in [-0.4, -0.2) is 18.0 Å². The zero-order valence-electron chi connectivity index (χ0n) is 7.96. The summed E-state index contributed by atoms with van der Waals surface area (Å²) >= 11 is 0. The van der Waals surface area contributed by atoms with Crippen molar-refractivity contribution in [3.8, 4) is 0 Å². The average Bonchev–Trinajstić information content (AvgIpc) is 2.11. The molecule has 0 aromatic rings. The standard InChI is InChI=1S/C10H20O2/c1-2-3-4-5-6-7-10(8-11)9-12/h8,10,12H,2-7,9H2,1H3. The number of hydrogen-bond acceptors (Lipinski definition) is 2. The van der Waals surface area contributed by atoms with Gasteiger partial charge in [-0.3, -0.25) is 0 Å². The summed E-state index contributed by atoms with van der Waals surface area (Å²) in [6, 6.07) is 0. The number of unbranched alkanes of at least 4 members (excludes halogenated alkanes) is 4. The van der Waals surface area contributed by atoms with Gasteiger partial charge in [-0.25, -0.2) is 0 Å². The summed E-state index contributed by atoms with van der Waals surface area (Å²) in [4.78, 5) is 10.3. The summed E-state index contributed by atoms with van der Waals surface area (Å²) in [7, 11) is 0. The van der Waals surface area contributed by atoms with E-state index in [1.54, 1.807) is 0 Å². The van der Waals surface area contributed by atoms with Crippen LogP contribution in [0.5, 0.6) is 0 Å². The molecule has 1 unspecified atom stereocenters. The number of hydrogen-bond donors (Lipinski definition) is 1. The molecule has 0 aliphatic heterocycles. The first-order valence-electron chi connectivity index (χ1n) is 4.91. The highest BCUT2D eigenvalue weighted by molar-refractivity contribution is 5.53. The molecule has 0 saturated heterocycles. The van der Waals surface area contributed by atoms with E-state index in [0.29, 0.717) is 0 Å². The monoisotopic (exact) mass is 172 g/mol. The highest BCUT2D eigenvalue weighted by Crippen LogP contribution is 2.09. The van der Waals surface area contributed by atoms with Gasteiger partial charge in [0.15, 0.2) is 0 Å². The van der Waals surface area contributed by atoms with Crippen molar-refractivity contribution in [3.63, 3.8) is 0 Å². The molecule has 0 aliphatic carbocycles. The van der Waals surface area contributed by atoms with E-state index in [-0.39, 0.29) is 12.5 Å². The van der Waals surface area contributed by atoms with E-state index in [1.807, 2.05) is 0 Å². The molecule has 0 radical (unpaired) electrons. The maximum atomic E-state index is 10.3. The van der Waals surface area contributed by atoms with Gasteiger partial charge in [-0.1, -0.05) is 39.0 Å². The molecule has 0 bridgehead atoms. The lowest BCUT2D eigenvalue weighted by Crippen LogP contribution is -2.06. The maximum Gasteiger partial charge on any atom is 0.125 e. The molecular formula is C10H20O2. The van der Waals surface area contributed by atoms with Gasteiger partial charge in [0.2, 0.25) is 0 Å². The van der Waals surface area contributed by atoms with Gasteiger partial charge in [0.25, 0.3) is 0 Å². The topological polar surface area (TPSA) is 37.3 Å². The van der Waals surface area contributed by atoms with E-state index in [4.69, 9.17) is 5.11 Å². The lowest BCUT2D eigenvalue weighted by atomic mass is 10.0. The van der Waals surface area contributed by atoms with Gasteiger partial charge in [-0.15, -0.1) is 0 Å². The van der Waals surface area contributed by atoms with Crippen LogP contribution in [0.2, 0.25) is 0 Å². The Morgan fingerprint density at radius 3 is 2.42 bits per heavy atom. The van der Waals surface area contributed by atoms with Crippen LogP contribution < -0.4 is 0 Å². The third-order valence-electron chi connectivity index (χ3n) is 2.11. The van der Waals surface area contributed by atoms with Crippen molar-refractivity contribution < 1.29 is 9.90 Å². The first-order chi connectivity index (χ1) is 5.85. The molecule has 1 N–H and O–H groups in total. The fourth-order valence-corrected chi connectivity index (χ4v) is 1.21. The first kappa shape index (κ1) is 11.6. The smallest absolute Gasteiger partial charge is 0.125 e. The summed E-state index contributed by atoms with van der Waals surface area (Å²) in [5.74, 6) is -0.119. The lowest BCUT2D eigenvalue weighted by Gasteiger charge is -2.04. The fraction of sp³-hybridized carbons (Fsp3) is 0.900. The molecule has 12 heavy (non-hydrogen) atoms. The molecule has 0 amide bonds. The van der Waals surface area contributed by atoms with E-state index >= 15 is 0 Å². The largest absolute Gasteiger partial charge is 0.396 e. The number of rotatable bonds is 8. The number of aliphatic hydroxyl groups excluding tert-OH is 1. The summed E-state index contributed by atoms with van der Waals surface area (Å²) in [5, 5.41) is 8.70. The molecule has 2 heteroatoms. The van der Waals surface area contributed by atoms with Crippen LogP contribution in [0, 0.1) is 5.92 Å². The molecule has 1 atom stereocenters. The number of aliphatic hydroxyl groups is 1. The summed E-state index contributed by atoms with van der Waals surface area (Å²) in [6.45, 7) is 2.19. The molecule has 0 aromatic heterocycles. The van der Waals surface area contributed by atoms with E-state index in [9.17, 15) is 4.79 Å². The molecule has 2 nitrogen and oxygen atoms in total. The average molecular weight is 172 g/mol. The Labute approximate surface area is 75.0 Å². The van der Waals surface area contributed by atoms with Crippen LogP contribution in [0.4, 0.5) is 0 Å². The molecule has 0 aromatic carbocycles. The Hall–Kier alpha value is -0.370. The SMILES string of the molecule is CCCCCCCC(C=O)CO. The second-order valence-corrected chi connectivity index (χ2v) is 3.28. The van der Waals surface area contributed by atoms with Crippen molar-refractivity contribution in [2.24, 2.45) is 5.92 Å². The van der Waals surface area contributed by atoms with Gasteiger partial charge < -0.3 is 9.90 Å². The minimum atomic E-state index is -0.119. The van der Waals surface area contributed by atoms with Gasteiger partial charge in [0, 0.05) is 5.92 Å². The summed E-state index contributed by atoms with van der Waals surface area (Å²) in [6.07, 6.45) is 7.77. The van der Waals surface area contributed by atoms with Gasteiger partial charge in [-0.2, -0.15) is 0 Å². The highest BCUT2D eigenvalue weighted by Gasteiger charge is 2.03. The fourth-order valence-electron chi connectivity index (χ4n) is 1.21. The predicted octanol–water partition coefficient (Wildman–Crippen LogP) is 2.15. The molecular weight excluding hydrogens is 152 g/mol.